The van der Waals surface area contributed by atoms with E-state index in [9.17, 15) is 20.0 Å². The highest BCUT2D eigenvalue weighted by Gasteiger charge is 2.54. The summed E-state index contributed by atoms with van der Waals surface area (Å²) in [6.07, 6.45) is 4.16. The van der Waals surface area contributed by atoms with Gasteiger partial charge in [-0.1, -0.05) is 19.8 Å². The summed E-state index contributed by atoms with van der Waals surface area (Å²) in [4.78, 5) is 22.9. The maximum Gasteiger partial charge on any atom is 0.223 e. The topological polar surface area (TPSA) is 80.4 Å². The molecule has 5 nitrogen and oxygen atoms in total. The van der Waals surface area contributed by atoms with Gasteiger partial charge in [0.1, 0.15) is 5.78 Å². The normalized spacial score (nSPS) is 35.1. The fourth-order valence-electron chi connectivity index (χ4n) is 3.13. The zero-order valence-corrected chi connectivity index (χ0v) is 12.1. The summed E-state index contributed by atoms with van der Waals surface area (Å²) >= 11 is 0. The number of nitrogens with zero attached hydrogens (tertiary/aromatic N) is 1. The van der Waals surface area contributed by atoms with E-state index in [-0.39, 0.29) is 17.1 Å². The van der Waals surface area contributed by atoms with Gasteiger partial charge >= 0.3 is 0 Å². The molecule has 1 saturated carbocycles. The molecule has 0 amide bonds. The van der Waals surface area contributed by atoms with Crippen LogP contribution in [0.2, 0.25) is 0 Å². The third-order valence-electron chi connectivity index (χ3n) is 4.55. The lowest BCUT2D eigenvalue weighted by atomic mass is 9.65. The number of carbonyl (C=O) groups is 1. The molecule has 0 aromatic heterocycles. The van der Waals surface area contributed by atoms with Crippen LogP contribution in [0, 0.1) is 16.0 Å². The van der Waals surface area contributed by atoms with Crippen molar-refractivity contribution in [2.75, 3.05) is 0 Å². The number of rotatable bonds is 6. The Hall–Kier alpha value is -0.970. The minimum absolute atomic E-state index is 0.147. The molecule has 1 aliphatic carbocycles. The lowest BCUT2D eigenvalue weighted by Crippen LogP contribution is -2.53. The van der Waals surface area contributed by atoms with Gasteiger partial charge in [-0.2, -0.15) is 0 Å². The van der Waals surface area contributed by atoms with Crippen molar-refractivity contribution in [3.63, 3.8) is 0 Å². The second-order valence-electron chi connectivity index (χ2n) is 6.16. The van der Waals surface area contributed by atoms with Gasteiger partial charge in [0.15, 0.2) is 0 Å². The van der Waals surface area contributed by atoms with E-state index < -0.39 is 17.1 Å². The minimum Gasteiger partial charge on any atom is -0.389 e. The summed E-state index contributed by atoms with van der Waals surface area (Å²) in [5.41, 5.74) is -2.12. The van der Waals surface area contributed by atoms with Crippen molar-refractivity contribution in [1.29, 1.82) is 0 Å². The number of hydrogen-bond donors (Lipinski definition) is 1. The van der Waals surface area contributed by atoms with E-state index >= 15 is 0 Å². The molecule has 1 N–H and O–H groups in total. The van der Waals surface area contributed by atoms with E-state index in [4.69, 9.17) is 0 Å². The van der Waals surface area contributed by atoms with Crippen molar-refractivity contribution in [2.45, 2.75) is 76.9 Å². The summed E-state index contributed by atoms with van der Waals surface area (Å²) in [6, 6.07) is 0. The number of unbranched alkanes of at least 4 members (excludes halogenated alkanes) is 2. The molecular formula is C14H25NO4. The van der Waals surface area contributed by atoms with Crippen LogP contribution in [0.5, 0.6) is 0 Å². The first-order valence-corrected chi connectivity index (χ1v) is 7.12. The number of nitro groups is 1. The molecular weight excluding hydrogens is 246 g/mol. The average Bonchev–Trinajstić information content (AvgIpc) is 2.30. The first-order chi connectivity index (χ1) is 8.75. The molecule has 0 radical (unpaired) electrons. The zero-order valence-electron chi connectivity index (χ0n) is 12.1. The van der Waals surface area contributed by atoms with Crippen LogP contribution in [0.1, 0.15) is 65.7 Å². The van der Waals surface area contributed by atoms with Crippen molar-refractivity contribution in [3.8, 4) is 0 Å². The predicted molar refractivity (Wildman–Crippen MR) is 72.5 cm³/mol. The van der Waals surface area contributed by atoms with Gasteiger partial charge in [0, 0.05) is 24.2 Å². The Bertz CT molecular complexity index is 353. The molecule has 0 unspecified atom stereocenters. The molecule has 0 bridgehead atoms. The summed E-state index contributed by atoms with van der Waals surface area (Å²) < 4.78 is 0. The molecule has 0 spiro atoms. The van der Waals surface area contributed by atoms with Crippen LogP contribution in [-0.4, -0.2) is 27.0 Å². The van der Waals surface area contributed by atoms with E-state index in [1.54, 1.807) is 6.92 Å². The van der Waals surface area contributed by atoms with Crippen LogP contribution in [0.25, 0.3) is 0 Å². The average molecular weight is 271 g/mol. The van der Waals surface area contributed by atoms with Crippen LogP contribution in [-0.2, 0) is 4.79 Å². The molecule has 0 aromatic rings. The maximum absolute atomic E-state index is 11.7. The first kappa shape index (κ1) is 16.1. The van der Waals surface area contributed by atoms with Crippen molar-refractivity contribution in [3.05, 3.63) is 10.1 Å². The molecule has 110 valence electrons. The Morgan fingerprint density at radius 1 is 1.42 bits per heavy atom. The van der Waals surface area contributed by atoms with E-state index in [0.29, 0.717) is 19.3 Å². The third-order valence-corrected chi connectivity index (χ3v) is 4.55. The Kier molecular flexibility index (Phi) is 5.07. The molecule has 0 heterocycles. The number of Topliss-reactive ketones (excluding diaryl/α,β-unsaturated/α-hetero) is 1. The highest BCUT2D eigenvalue weighted by atomic mass is 16.6. The van der Waals surface area contributed by atoms with Crippen LogP contribution in [0.15, 0.2) is 0 Å². The van der Waals surface area contributed by atoms with E-state index in [0.717, 1.165) is 19.3 Å². The summed E-state index contributed by atoms with van der Waals surface area (Å²) in [5, 5.41) is 21.7. The Morgan fingerprint density at radius 2 is 2.05 bits per heavy atom. The summed E-state index contributed by atoms with van der Waals surface area (Å²) in [6.45, 7) is 5.10. The lowest BCUT2D eigenvalue weighted by molar-refractivity contribution is -0.579. The zero-order chi connectivity index (χ0) is 14.7. The molecule has 19 heavy (non-hydrogen) atoms. The monoisotopic (exact) mass is 271 g/mol. The highest BCUT2D eigenvalue weighted by Crippen LogP contribution is 2.43. The molecule has 5 heteroatoms. The van der Waals surface area contributed by atoms with Gasteiger partial charge in [-0.3, -0.25) is 14.9 Å². The molecule has 0 saturated heterocycles. The number of hydrogen-bond acceptors (Lipinski definition) is 4. The Morgan fingerprint density at radius 3 is 2.53 bits per heavy atom. The quantitative estimate of drug-likeness (QED) is 0.457. The first-order valence-electron chi connectivity index (χ1n) is 7.12. The standard InChI is InChI=1S/C14H25NO4/c1-4-5-6-7-14(15(18)19)9-8-13(3,17)12(10-14)11(2)16/h12,17H,4-10H2,1-3H3/t12-,13+,14-/m0/s1. The fraction of sp³-hybridized carbons (Fsp3) is 0.929. The van der Waals surface area contributed by atoms with Crippen molar-refractivity contribution in [2.24, 2.45) is 5.92 Å². The van der Waals surface area contributed by atoms with Gasteiger partial charge in [-0.15, -0.1) is 0 Å². The van der Waals surface area contributed by atoms with E-state index in [1.807, 2.05) is 0 Å². The Labute approximate surface area is 114 Å². The maximum atomic E-state index is 11.7. The highest BCUT2D eigenvalue weighted by molar-refractivity contribution is 5.79. The van der Waals surface area contributed by atoms with Crippen molar-refractivity contribution in [1.82, 2.24) is 0 Å². The lowest BCUT2D eigenvalue weighted by Gasteiger charge is -2.42. The van der Waals surface area contributed by atoms with Crippen LogP contribution < -0.4 is 0 Å². The van der Waals surface area contributed by atoms with E-state index in [2.05, 4.69) is 6.92 Å². The molecule has 3 atom stereocenters. The SMILES string of the molecule is CCCCC[C@]1([N+](=O)[O-])CC[C@@](C)(O)[C@H](C(C)=O)C1. The van der Waals surface area contributed by atoms with Crippen molar-refractivity contribution >= 4 is 5.78 Å². The number of ketones is 1. The van der Waals surface area contributed by atoms with Gasteiger partial charge in [0.05, 0.1) is 11.5 Å². The largest absolute Gasteiger partial charge is 0.389 e. The third kappa shape index (κ3) is 3.53. The van der Waals surface area contributed by atoms with Gasteiger partial charge in [-0.25, -0.2) is 0 Å². The van der Waals surface area contributed by atoms with Crippen molar-refractivity contribution < 1.29 is 14.8 Å². The molecule has 1 rings (SSSR count). The second-order valence-corrected chi connectivity index (χ2v) is 6.16. The van der Waals surface area contributed by atoms with Gasteiger partial charge in [0.25, 0.3) is 0 Å². The predicted octanol–water partition coefficient (Wildman–Crippen LogP) is 2.72. The number of aliphatic hydroxyl groups is 1. The van der Waals surface area contributed by atoms with E-state index in [1.165, 1.54) is 6.92 Å². The second kappa shape index (κ2) is 5.99. The summed E-state index contributed by atoms with van der Waals surface area (Å²) in [5.74, 6) is -0.764. The van der Waals surface area contributed by atoms with Crippen LogP contribution >= 0.6 is 0 Å². The molecule has 1 aliphatic rings. The summed E-state index contributed by atoms with van der Waals surface area (Å²) in [7, 11) is 0. The van der Waals surface area contributed by atoms with Crippen LogP contribution in [0.3, 0.4) is 0 Å². The smallest absolute Gasteiger partial charge is 0.223 e. The number of carbonyl (C=O) groups excluding carboxylic acids is 1. The van der Waals surface area contributed by atoms with Gasteiger partial charge in [0.2, 0.25) is 5.54 Å². The molecule has 0 aromatic carbocycles. The molecule has 0 aliphatic heterocycles. The molecule has 1 fully saturated rings. The fourth-order valence-corrected chi connectivity index (χ4v) is 3.13. The van der Waals surface area contributed by atoms with Gasteiger partial charge in [-0.05, 0) is 26.7 Å². The van der Waals surface area contributed by atoms with Crippen LogP contribution in [0.4, 0.5) is 0 Å². The van der Waals surface area contributed by atoms with Gasteiger partial charge < -0.3 is 5.11 Å². The Balaban J connectivity index is 2.89. The minimum atomic E-state index is -1.10.